The highest BCUT2D eigenvalue weighted by atomic mass is 16.1. The minimum absolute atomic E-state index is 0.431. The molecule has 0 saturated carbocycles. The Morgan fingerprint density at radius 3 is 2.79 bits per heavy atom. The number of pyridine rings is 1. The van der Waals surface area contributed by atoms with E-state index in [2.05, 4.69) is 15.2 Å². The van der Waals surface area contributed by atoms with Gasteiger partial charge in [-0.05, 0) is 25.1 Å². The first-order chi connectivity index (χ1) is 6.79. The van der Waals surface area contributed by atoms with Crippen LogP contribution in [0.2, 0.25) is 0 Å². The first-order valence-corrected chi connectivity index (χ1v) is 4.23. The highest BCUT2D eigenvalue weighted by molar-refractivity contribution is 5.72. The molecule has 14 heavy (non-hydrogen) atoms. The van der Waals surface area contributed by atoms with Crippen LogP contribution in [0.15, 0.2) is 24.4 Å². The molecule has 4 heteroatoms. The molecule has 2 heterocycles. The molecule has 2 aromatic rings. The molecule has 0 bridgehead atoms. The fourth-order valence-corrected chi connectivity index (χ4v) is 1.19. The molecule has 0 radical (unpaired) electrons. The van der Waals surface area contributed by atoms with Crippen LogP contribution in [0.5, 0.6) is 0 Å². The third-order valence-electron chi connectivity index (χ3n) is 1.91. The second-order valence-corrected chi connectivity index (χ2v) is 3.03. The summed E-state index contributed by atoms with van der Waals surface area (Å²) in [5.41, 5.74) is 3.17. The number of aromatic nitrogens is 3. The standard InChI is InChI=1S/C10H9N3O/c1-7-4-10(13-12-7)8-2-3-9(6-14)11-5-8/h2-6H,1H3,(H,12,13). The van der Waals surface area contributed by atoms with Gasteiger partial charge in [0.15, 0.2) is 6.29 Å². The van der Waals surface area contributed by atoms with Crippen molar-refractivity contribution >= 4 is 6.29 Å². The molecule has 0 amide bonds. The Hall–Kier alpha value is -1.97. The minimum Gasteiger partial charge on any atom is -0.296 e. The zero-order chi connectivity index (χ0) is 9.97. The number of rotatable bonds is 2. The predicted octanol–water partition coefficient (Wildman–Crippen LogP) is 1.59. The third kappa shape index (κ3) is 1.54. The Balaban J connectivity index is 2.38. The van der Waals surface area contributed by atoms with Crippen molar-refractivity contribution in [3.8, 4) is 11.3 Å². The number of nitrogens with zero attached hydrogens (tertiary/aromatic N) is 2. The van der Waals surface area contributed by atoms with Crippen LogP contribution in [0, 0.1) is 6.92 Å². The van der Waals surface area contributed by atoms with Crippen molar-refractivity contribution in [1.29, 1.82) is 0 Å². The monoisotopic (exact) mass is 187 g/mol. The van der Waals surface area contributed by atoms with Gasteiger partial charge in [0.25, 0.3) is 0 Å². The van der Waals surface area contributed by atoms with Crippen molar-refractivity contribution in [3.63, 3.8) is 0 Å². The Morgan fingerprint density at radius 2 is 2.29 bits per heavy atom. The molecule has 2 rings (SSSR count). The van der Waals surface area contributed by atoms with Crippen molar-refractivity contribution in [3.05, 3.63) is 35.8 Å². The number of hydrogen-bond acceptors (Lipinski definition) is 3. The van der Waals surface area contributed by atoms with E-state index in [0.717, 1.165) is 23.2 Å². The molecule has 0 aliphatic rings. The fraction of sp³-hybridized carbons (Fsp3) is 0.100. The quantitative estimate of drug-likeness (QED) is 0.726. The van der Waals surface area contributed by atoms with Crippen LogP contribution in [0.25, 0.3) is 11.3 Å². The van der Waals surface area contributed by atoms with Gasteiger partial charge in [-0.2, -0.15) is 5.10 Å². The molecule has 2 aromatic heterocycles. The number of H-pyrrole nitrogens is 1. The van der Waals surface area contributed by atoms with Crippen molar-refractivity contribution in [1.82, 2.24) is 15.2 Å². The summed E-state index contributed by atoms with van der Waals surface area (Å²) in [5, 5.41) is 6.94. The van der Waals surface area contributed by atoms with E-state index in [4.69, 9.17) is 0 Å². The predicted molar refractivity (Wildman–Crippen MR) is 51.9 cm³/mol. The van der Waals surface area contributed by atoms with E-state index in [0.29, 0.717) is 5.69 Å². The molecule has 0 aliphatic heterocycles. The number of carbonyl (C=O) groups excluding carboxylic acids is 1. The van der Waals surface area contributed by atoms with E-state index in [1.165, 1.54) is 0 Å². The molecule has 0 spiro atoms. The number of nitrogens with one attached hydrogen (secondary N) is 1. The molecule has 0 aromatic carbocycles. The molecule has 1 N–H and O–H groups in total. The lowest BCUT2D eigenvalue weighted by Crippen LogP contribution is -1.86. The summed E-state index contributed by atoms with van der Waals surface area (Å²) < 4.78 is 0. The SMILES string of the molecule is Cc1cc(-c2ccc(C=O)nc2)n[nH]1. The molecular weight excluding hydrogens is 178 g/mol. The largest absolute Gasteiger partial charge is 0.296 e. The van der Waals surface area contributed by atoms with Gasteiger partial charge in [-0.3, -0.25) is 14.9 Å². The van der Waals surface area contributed by atoms with Gasteiger partial charge in [0.1, 0.15) is 5.69 Å². The second-order valence-electron chi connectivity index (χ2n) is 3.03. The van der Waals surface area contributed by atoms with Crippen LogP contribution >= 0.6 is 0 Å². The van der Waals surface area contributed by atoms with Crippen LogP contribution in [0.1, 0.15) is 16.2 Å². The van der Waals surface area contributed by atoms with Crippen LogP contribution in [0.4, 0.5) is 0 Å². The van der Waals surface area contributed by atoms with E-state index < -0.39 is 0 Å². The first kappa shape index (κ1) is 8.62. The number of hydrogen-bond donors (Lipinski definition) is 1. The average Bonchev–Trinajstić information content (AvgIpc) is 2.65. The Morgan fingerprint density at radius 1 is 1.43 bits per heavy atom. The summed E-state index contributed by atoms with van der Waals surface area (Å²) in [6.45, 7) is 1.93. The highest BCUT2D eigenvalue weighted by Crippen LogP contribution is 2.15. The zero-order valence-corrected chi connectivity index (χ0v) is 7.69. The van der Waals surface area contributed by atoms with Crippen molar-refractivity contribution < 1.29 is 4.79 Å². The van der Waals surface area contributed by atoms with Crippen LogP contribution in [-0.2, 0) is 0 Å². The van der Waals surface area contributed by atoms with E-state index in [9.17, 15) is 4.79 Å². The van der Waals surface area contributed by atoms with Gasteiger partial charge >= 0.3 is 0 Å². The van der Waals surface area contributed by atoms with Crippen LogP contribution < -0.4 is 0 Å². The van der Waals surface area contributed by atoms with E-state index >= 15 is 0 Å². The molecule has 0 aliphatic carbocycles. The summed E-state index contributed by atoms with van der Waals surface area (Å²) in [4.78, 5) is 14.3. The van der Waals surface area contributed by atoms with Crippen molar-refractivity contribution in [2.45, 2.75) is 6.92 Å². The molecule has 0 unspecified atom stereocenters. The van der Waals surface area contributed by atoms with Gasteiger partial charge in [-0.1, -0.05) is 0 Å². The number of carbonyl (C=O) groups is 1. The molecule has 70 valence electrons. The lowest BCUT2D eigenvalue weighted by Gasteiger charge is -1.94. The van der Waals surface area contributed by atoms with Gasteiger partial charge in [0.05, 0.1) is 5.69 Å². The van der Waals surface area contributed by atoms with E-state index in [1.807, 2.05) is 19.1 Å². The number of aromatic amines is 1. The van der Waals surface area contributed by atoms with Crippen LogP contribution in [0.3, 0.4) is 0 Å². The molecule has 0 saturated heterocycles. The smallest absolute Gasteiger partial charge is 0.168 e. The zero-order valence-electron chi connectivity index (χ0n) is 7.69. The molecule has 0 fully saturated rings. The fourth-order valence-electron chi connectivity index (χ4n) is 1.19. The van der Waals surface area contributed by atoms with Gasteiger partial charge in [-0.15, -0.1) is 0 Å². The molecule has 0 atom stereocenters. The third-order valence-corrected chi connectivity index (χ3v) is 1.91. The number of aryl methyl sites for hydroxylation is 1. The van der Waals surface area contributed by atoms with Crippen molar-refractivity contribution in [2.75, 3.05) is 0 Å². The van der Waals surface area contributed by atoms with Gasteiger partial charge < -0.3 is 0 Å². The second kappa shape index (κ2) is 3.41. The Kier molecular flexibility index (Phi) is 2.10. The summed E-state index contributed by atoms with van der Waals surface area (Å²) in [6, 6.07) is 5.43. The summed E-state index contributed by atoms with van der Waals surface area (Å²) in [5.74, 6) is 0. The van der Waals surface area contributed by atoms with Gasteiger partial charge in [-0.25, -0.2) is 0 Å². The van der Waals surface area contributed by atoms with Crippen molar-refractivity contribution in [2.24, 2.45) is 0 Å². The topological polar surface area (TPSA) is 58.6 Å². The molecular formula is C10H9N3O. The van der Waals surface area contributed by atoms with Gasteiger partial charge in [0.2, 0.25) is 0 Å². The summed E-state index contributed by atoms with van der Waals surface area (Å²) in [7, 11) is 0. The average molecular weight is 187 g/mol. The first-order valence-electron chi connectivity index (χ1n) is 4.23. The summed E-state index contributed by atoms with van der Waals surface area (Å²) in [6.07, 6.45) is 2.36. The Bertz CT molecular complexity index is 445. The lowest BCUT2D eigenvalue weighted by molar-refractivity contribution is 0.111. The van der Waals surface area contributed by atoms with E-state index in [1.54, 1.807) is 12.3 Å². The lowest BCUT2D eigenvalue weighted by atomic mass is 10.2. The number of aldehydes is 1. The minimum atomic E-state index is 0.431. The normalized spacial score (nSPS) is 10.1. The Labute approximate surface area is 81.0 Å². The maximum Gasteiger partial charge on any atom is 0.168 e. The maximum atomic E-state index is 10.4. The molecule has 4 nitrogen and oxygen atoms in total. The van der Waals surface area contributed by atoms with Gasteiger partial charge in [0, 0.05) is 17.5 Å². The van der Waals surface area contributed by atoms with E-state index in [-0.39, 0.29) is 0 Å². The van der Waals surface area contributed by atoms with Crippen LogP contribution in [-0.4, -0.2) is 21.5 Å². The highest BCUT2D eigenvalue weighted by Gasteiger charge is 2.01. The maximum absolute atomic E-state index is 10.4. The summed E-state index contributed by atoms with van der Waals surface area (Å²) >= 11 is 0.